The molecule has 0 aliphatic carbocycles. The Kier molecular flexibility index (Phi) is 14.9. The third-order valence-corrected chi connectivity index (χ3v) is 3.77. The Labute approximate surface area is 148 Å². The summed E-state index contributed by atoms with van der Waals surface area (Å²) in [6.07, 6.45) is 9.13. The molecule has 1 heterocycles. The first-order valence-corrected chi connectivity index (χ1v) is 8.61. The maximum Gasteiger partial charge on any atom is 0.191 e. The molecule has 0 unspecified atom stereocenters. The zero-order valence-corrected chi connectivity index (χ0v) is 16.3. The number of likely N-dealkylation sites (tertiary alicyclic amines) is 1. The van der Waals surface area contributed by atoms with Crippen molar-refractivity contribution in [2.75, 3.05) is 39.3 Å². The maximum atomic E-state index is 4.66. The minimum Gasteiger partial charge on any atom is -0.357 e. The Balaban J connectivity index is 0.00000400. The second-order valence-corrected chi connectivity index (χ2v) is 5.65. The highest BCUT2D eigenvalue weighted by Crippen LogP contribution is 2.07. The Bertz CT molecular complexity index is 253. The van der Waals surface area contributed by atoms with Crippen LogP contribution in [0.25, 0.3) is 0 Å². The van der Waals surface area contributed by atoms with Gasteiger partial charge in [-0.2, -0.15) is 0 Å². The van der Waals surface area contributed by atoms with Gasteiger partial charge in [0.05, 0.1) is 0 Å². The third-order valence-electron chi connectivity index (χ3n) is 3.77. The minimum atomic E-state index is 0. The van der Waals surface area contributed by atoms with Gasteiger partial charge in [0.1, 0.15) is 0 Å². The van der Waals surface area contributed by atoms with Crippen molar-refractivity contribution >= 4 is 29.9 Å². The van der Waals surface area contributed by atoms with Crippen LogP contribution in [0.3, 0.4) is 0 Å². The highest BCUT2D eigenvalue weighted by molar-refractivity contribution is 14.0. The van der Waals surface area contributed by atoms with E-state index in [-0.39, 0.29) is 24.0 Å². The normalized spacial score (nSPS) is 15.8. The quantitative estimate of drug-likeness (QED) is 0.252. The number of unbranched alkanes of at least 4 members (excludes halogenated alkanes) is 3. The van der Waals surface area contributed by atoms with Crippen molar-refractivity contribution in [3.63, 3.8) is 0 Å². The Morgan fingerprint density at radius 3 is 2.43 bits per heavy atom. The Hall–Kier alpha value is -0.0400. The van der Waals surface area contributed by atoms with Gasteiger partial charge in [-0.15, -0.1) is 24.0 Å². The van der Waals surface area contributed by atoms with E-state index in [4.69, 9.17) is 0 Å². The summed E-state index contributed by atoms with van der Waals surface area (Å²) in [5.74, 6) is 0.991. The number of aliphatic imine (C=N–C) groups is 1. The number of rotatable bonds is 10. The van der Waals surface area contributed by atoms with Crippen LogP contribution in [0, 0.1) is 0 Å². The molecule has 0 aromatic heterocycles. The lowest BCUT2D eigenvalue weighted by molar-refractivity contribution is 0.336. The highest BCUT2D eigenvalue weighted by atomic mass is 127. The monoisotopic (exact) mass is 410 g/mol. The fraction of sp³-hybridized carbons (Fsp3) is 0.938. The van der Waals surface area contributed by atoms with Gasteiger partial charge in [-0.3, -0.25) is 4.99 Å². The van der Waals surface area contributed by atoms with Crippen LogP contribution in [0.2, 0.25) is 0 Å². The fourth-order valence-electron chi connectivity index (χ4n) is 2.59. The van der Waals surface area contributed by atoms with Gasteiger partial charge in [0.2, 0.25) is 0 Å². The molecule has 0 atom stereocenters. The molecule has 0 radical (unpaired) electrons. The Morgan fingerprint density at radius 1 is 1.00 bits per heavy atom. The van der Waals surface area contributed by atoms with E-state index in [1.54, 1.807) is 0 Å². The van der Waals surface area contributed by atoms with Crippen LogP contribution < -0.4 is 10.6 Å². The van der Waals surface area contributed by atoms with Crippen LogP contribution in [0.5, 0.6) is 0 Å². The largest absolute Gasteiger partial charge is 0.357 e. The SMILES string of the molecule is CCCCCCNC(=NCCCN1CCCC1)NCC.I. The Morgan fingerprint density at radius 2 is 1.76 bits per heavy atom. The molecule has 0 aromatic rings. The highest BCUT2D eigenvalue weighted by Gasteiger charge is 2.09. The van der Waals surface area contributed by atoms with Crippen molar-refractivity contribution in [3.05, 3.63) is 0 Å². The molecule has 1 aliphatic rings. The van der Waals surface area contributed by atoms with Gasteiger partial charge in [0.15, 0.2) is 5.96 Å². The average Bonchev–Trinajstić information content (AvgIpc) is 2.96. The maximum absolute atomic E-state index is 4.66. The van der Waals surface area contributed by atoms with E-state index in [0.717, 1.165) is 25.6 Å². The van der Waals surface area contributed by atoms with Gasteiger partial charge in [-0.1, -0.05) is 26.2 Å². The summed E-state index contributed by atoms with van der Waals surface area (Å²) < 4.78 is 0. The van der Waals surface area contributed by atoms with Crippen LogP contribution in [0.1, 0.15) is 58.8 Å². The zero-order valence-electron chi connectivity index (χ0n) is 14.0. The molecule has 2 N–H and O–H groups in total. The molecule has 126 valence electrons. The summed E-state index contributed by atoms with van der Waals surface area (Å²) >= 11 is 0. The first kappa shape index (κ1) is 21.0. The van der Waals surface area contributed by atoms with E-state index in [9.17, 15) is 0 Å². The molecule has 1 rings (SSSR count). The molecule has 4 nitrogen and oxygen atoms in total. The second-order valence-electron chi connectivity index (χ2n) is 5.65. The smallest absolute Gasteiger partial charge is 0.191 e. The van der Waals surface area contributed by atoms with E-state index < -0.39 is 0 Å². The summed E-state index contributed by atoms with van der Waals surface area (Å²) in [4.78, 5) is 7.22. The number of nitrogens with zero attached hydrogens (tertiary/aromatic N) is 2. The van der Waals surface area contributed by atoms with Crippen molar-refractivity contribution in [3.8, 4) is 0 Å². The molecular formula is C16H35IN4. The lowest BCUT2D eigenvalue weighted by Crippen LogP contribution is -2.38. The lowest BCUT2D eigenvalue weighted by Gasteiger charge is -2.14. The molecule has 1 saturated heterocycles. The fourth-order valence-corrected chi connectivity index (χ4v) is 2.59. The molecule has 5 heteroatoms. The molecule has 0 amide bonds. The van der Waals surface area contributed by atoms with Crippen LogP contribution in [-0.4, -0.2) is 50.1 Å². The van der Waals surface area contributed by atoms with E-state index in [1.165, 1.54) is 64.6 Å². The first-order valence-electron chi connectivity index (χ1n) is 8.61. The summed E-state index contributed by atoms with van der Waals surface area (Å²) in [5.41, 5.74) is 0. The van der Waals surface area contributed by atoms with Crippen molar-refractivity contribution < 1.29 is 0 Å². The number of guanidine groups is 1. The summed E-state index contributed by atoms with van der Waals surface area (Å²) in [6.45, 7) is 11.1. The van der Waals surface area contributed by atoms with E-state index >= 15 is 0 Å². The topological polar surface area (TPSA) is 39.7 Å². The molecule has 0 spiro atoms. The van der Waals surface area contributed by atoms with Crippen LogP contribution in [0.4, 0.5) is 0 Å². The third kappa shape index (κ3) is 11.2. The molecule has 21 heavy (non-hydrogen) atoms. The van der Waals surface area contributed by atoms with Gasteiger partial charge in [-0.25, -0.2) is 0 Å². The second kappa shape index (κ2) is 14.9. The number of hydrogen-bond donors (Lipinski definition) is 2. The average molecular weight is 410 g/mol. The molecule has 0 aromatic carbocycles. The van der Waals surface area contributed by atoms with Crippen LogP contribution in [-0.2, 0) is 0 Å². The van der Waals surface area contributed by atoms with Crippen LogP contribution in [0.15, 0.2) is 4.99 Å². The van der Waals surface area contributed by atoms with E-state index in [2.05, 4.69) is 34.4 Å². The van der Waals surface area contributed by atoms with Gasteiger partial charge in [0.25, 0.3) is 0 Å². The van der Waals surface area contributed by atoms with Crippen molar-refractivity contribution in [2.45, 2.75) is 58.8 Å². The predicted molar refractivity (Wildman–Crippen MR) is 104 cm³/mol. The standard InChI is InChI=1S/C16H34N4.HI/c1-3-5-6-7-11-18-16(17-4-2)19-12-10-15-20-13-8-9-14-20;/h3-15H2,1-2H3,(H2,17,18,19);1H. The van der Waals surface area contributed by atoms with E-state index in [1.807, 2.05) is 0 Å². The summed E-state index contributed by atoms with van der Waals surface area (Å²) in [7, 11) is 0. The number of hydrogen-bond acceptors (Lipinski definition) is 2. The van der Waals surface area contributed by atoms with Gasteiger partial charge < -0.3 is 15.5 Å². The molecular weight excluding hydrogens is 375 g/mol. The van der Waals surface area contributed by atoms with Crippen LogP contribution >= 0.6 is 24.0 Å². The molecule has 1 aliphatic heterocycles. The van der Waals surface area contributed by atoms with E-state index in [0.29, 0.717) is 0 Å². The van der Waals surface area contributed by atoms with Gasteiger partial charge >= 0.3 is 0 Å². The molecule has 0 bridgehead atoms. The lowest BCUT2D eigenvalue weighted by atomic mass is 10.2. The predicted octanol–water partition coefficient (Wildman–Crippen LogP) is 3.23. The van der Waals surface area contributed by atoms with Crippen molar-refractivity contribution in [1.29, 1.82) is 0 Å². The van der Waals surface area contributed by atoms with Crippen molar-refractivity contribution in [1.82, 2.24) is 15.5 Å². The first-order chi connectivity index (χ1) is 9.86. The summed E-state index contributed by atoms with van der Waals surface area (Å²) in [6, 6.07) is 0. The van der Waals surface area contributed by atoms with Gasteiger partial charge in [-0.05, 0) is 52.2 Å². The zero-order chi connectivity index (χ0) is 14.5. The number of nitrogens with one attached hydrogen (secondary N) is 2. The molecule has 0 saturated carbocycles. The molecule has 1 fully saturated rings. The summed E-state index contributed by atoms with van der Waals surface area (Å²) in [5, 5.41) is 6.76. The van der Waals surface area contributed by atoms with Gasteiger partial charge in [0, 0.05) is 19.6 Å². The number of halogens is 1. The van der Waals surface area contributed by atoms with Crippen molar-refractivity contribution in [2.24, 2.45) is 4.99 Å². The minimum absolute atomic E-state index is 0.